The lowest BCUT2D eigenvalue weighted by Gasteiger charge is -2.34. The zero-order valence-electron chi connectivity index (χ0n) is 20.7. The number of carbonyl (C=O) groups is 1. The maximum Gasteiger partial charge on any atom is 0.259 e. The van der Waals surface area contributed by atoms with Crippen molar-refractivity contribution < 1.29 is 19.1 Å². The number of aromatic amines is 1. The number of anilines is 2. The summed E-state index contributed by atoms with van der Waals surface area (Å²) >= 11 is 0. The van der Waals surface area contributed by atoms with E-state index in [0.717, 1.165) is 22.6 Å². The molecule has 3 heterocycles. The molecule has 0 radical (unpaired) electrons. The van der Waals surface area contributed by atoms with E-state index in [9.17, 15) is 9.59 Å². The van der Waals surface area contributed by atoms with Crippen LogP contribution in [-0.2, 0) is 20.9 Å². The molecule has 1 amide bonds. The molecule has 2 aromatic heterocycles. The van der Waals surface area contributed by atoms with Gasteiger partial charge in [-0.05, 0) is 43.3 Å². The van der Waals surface area contributed by atoms with Gasteiger partial charge in [-0.25, -0.2) is 14.8 Å². The number of aromatic nitrogens is 3. The van der Waals surface area contributed by atoms with Gasteiger partial charge in [0.2, 0.25) is 5.88 Å². The van der Waals surface area contributed by atoms with Crippen LogP contribution in [0.3, 0.4) is 0 Å². The number of ether oxygens (including phenoxy) is 2. The summed E-state index contributed by atoms with van der Waals surface area (Å²) in [5.74, 6) is 3.63. The third-order valence-electron chi connectivity index (χ3n) is 6.58. The lowest BCUT2D eigenvalue weighted by molar-refractivity contribution is -0.112. The summed E-state index contributed by atoms with van der Waals surface area (Å²) < 4.78 is 11.8. The van der Waals surface area contributed by atoms with Crippen LogP contribution < -0.4 is 15.0 Å². The Morgan fingerprint density at radius 1 is 1.18 bits per heavy atom. The molecule has 1 unspecified atom stereocenters. The molecule has 1 aliphatic heterocycles. The van der Waals surface area contributed by atoms with Crippen molar-refractivity contribution in [1.82, 2.24) is 15.0 Å². The minimum absolute atomic E-state index is 0.157. The van der Waals surface area contributed by atoms with Gasteiger partial charge in [-0.1, -0.05) is 30.3 Å². The fraction of sp³-hybridized carbons (Fsp3) is 0.138. The molecule has 6 rings (SSSR count). The lowest BCUT2D eigenvalue weighted by Crippen LogP contribution is -2.38. The van der Waals surface area contributed by atoms with Gasteiger partial charge in [-0.2, -0.15) is 0 Å². The molecule has 9 nitrogen and oxygen atoms in total. The highest BCUT2D eigenvalue weighted by molar-refractivity contribution is 6.10. The Balaban J connectivity index is 1.37. The number of H-pyrrole nitrogens is 1. The first-order valence-corrected chi connectivity index (χ1v) is 12.0. The topological polar surface area (TPSA) is 109 Å². The van der Waals surface area contributed by atoms with E-state index in [1.165, 1.54) is 7.11 Å². The highest BCUT2D eigenvalue weighted by Crippen LogP contribution is 2.41. The second-order valence-electron chi connectivity index (χ2n) is 8.91. The molecule has 0 spiro atoms. The predicted molar refractivity (Wildman–Crippen MR) is 143 cm³/mol. The molecule has 2 aliphatic rings. The van der Waals surface area contributed by atoms with E-state index in [0.29, 0.717) is 29.4 Å². The Hall–Kier alpha value is -5.14. The number of benzene rings is 2. The minimum Gasteiger partial charge on any atom is -0.495 e. The van der Waals surface area contributed by atoms with E-state index in [1.54, 1.807) is 24.4 Å². The van der Waals surface area contributed by atoms with Crippen molar-refractivity contribution in [2.24, 2.45) is 0 Å². The summed E-state index contributed by atoms with van der Waals surface area (Å²) in [7, 11) is 1.44. The Morgan fingerprint density at radius 3 is 2.89 bits per heavy atom. The largest absolute Gasteiger partial charge is 0.495 e. The molecule has 38 heavy (non-hydrogen) atoms. The number of nitrogens with one attached hydrogen (secondary N) is 2. The van der Waals surface area contributed by atoms with Crippen molar-refractivity contribution in [3.8, 4) is 11.6 Å². The summed E-state index contributed by atoms with van der Waals surface area (Å²) in [6, 6.07) is 16.3. The van der Waals surface area contributed by atoms with Crippen LogP contribution in [0.2, 0.25) is 0 Å². The second-order valence-corrected chi connectivity index (χ2v) is 8.91. The van der Waals surface area contributed by atoms with E-state index in [-0.39, 0.29) is 16.9 Å². The van der Waals surface area contributed by atoms with Crippen LogP contribution in [0, 0.1) is 6.92 Å². The fourth-order valence-corrected chi connectivity index (χ4v) is 4.89. The quantitative estimate of drug-likeness (QED) is 0.390. The van der Waals surface area contributed by atoms with E-state index in [2.05, 4.69) is 20.3 Å². The van der Waals surface area contributed by atoms with Gasteiger partial charge in [-0.3, -0.25) is 4.79 Å². The molecule has 9 heteroatoms. The van der Waals surface area contributed by atoms with Crippen molar-refractivity contribution in [3.63, 3.8) is 0 Å². The number of amides is 1. The van der Waals surface area contributed by atoms with Crippen LogP contribution in [0.25, 0.3) is 11.0 Å². The van der Waals surface area contributed by atoms with Crippen LogP contribution in [0.15, 0.2) is 89.9 Å². The molecule has 0 bridgehead atoms. The number of hydrogen-bond acceptors (Lipinski definition) is 7. The third-order valence-corrected chi connectivity index (χ3v) is 6.58. The highest BCUT2D eigenvalue weighted by Gasteiger charge is 2.35. The molecule has 1 aliphatic carbocycles. The molecular formula is C29H23N5O4. The first-order chi connectivity index (χ1) is 18.6. The standard InChI is InChI=1S/C29H23N5O4/c1-17-31-21-8-5-9-22(26(21)32-17)33-28(36)19-12-13-23(20(16-35)27(19)37-2)34-15-18-7-6-14-30-29(18)38-25-11-4-3-10-24(25)34/h3-14,23H,15H2,1-2H3,(H,31,32)(H,33,36). The average molecular weight is 506 g/mol. The Labute approximate surface area is 218 Å². The SMILES string of the molecule is COC1=C(C(=O)Nc2cccc3[nH]c(C)nc23)C=CC(N2Cc3cccnc3Oc3ccccc32)C1=C=O. The minimum atomic E-state index is -0.563. The van der Waals surface area contributed by atoms with Crippen LogP contribution in [0.4, 0.5) is 11.4 Å². The number of imidazole rings is 1. The van der Waals surface area contributed by atoms with E-state index >= 15 is 0 Å². The Morgan fingerprint density at radius 2 is 2.05 bits per heavy atom. The first kappa shape index (κ1) is 23.3. The van der Waals surface area contributed by atoms with Crippen LogP contribution in [0.1, 0.15) is 11.4 Å². The van der Waals surface area contributed by atoms with Gasteiger partial charge in [-0.15, -0.1) is 0 Å². The summed E-state index contributed by atoms with van der Waals surface area (Å²) in [5, 5.41) is 2.91. The summed E-state index contributed by atoms with van der Waals surface area (Å²) in [5.41, 5.74) is 4.06. The average Bonchev–Trinajstić information content (AvgIpc) is 3.24. The van der Waals surface area contributed by atoms with Crippen molar-refractivity contribution in [2.45, 2.75) is 19.5 Å². The third kappa shape index (κ3) is 3.91. The van der Waals surface area contributed by atoms with E-state index in [4.69, 9.17) is 9.47 Å². The number of hydrogen-bond donors (Lipinski definition) is 2. The van der Waals surface area contributed by atoms with Gasteiger partial charge in [0, 0.05) is 18.3 Å². The Kier molecular flexibility index (Phi) is 5.75. The predicted octanol–water partition coefficient (Wildman–Crippen LogP) is 4.61. The number of carbonyl (C=O) groups excluding carboxylic acids is 2. The van der Waals surface area contributed by atoms with E-state index in [1.807, 2.05) is 66.3 Å². The molecule has 0 saturated carbocycles. The zero-order chi connectivity index (χ0) is 26.2. The first-order valence-electron chi connectivity index (χ1n) is 12.0. The van der Waals surface area contributed by atoms with Gasteiger partial charge in [0.15, 0.2) is 5.75 Å². The monoisotopic (exact) mass is 505 g/mol. The van der Waals surface area contributed by atoms with Gasteiger partial charge in [0.25, 0.3) is 5.91 Å². The smallest absolute Gasteiger partial charge is 0.259 e. The summed E-state index contributed by atoms with van der Waals surface area (Å²) in [6.45, 7) is 2.27. The molecule has 1 atom stereocenters. The van der Waals surface area contributed by atoms with Crippen molar-refractivity contribution >= 4 is 34.3 Å². The maximum atomic E-state index is 13.4. The summed E-state index contributed by atoms with van der Waals surface area (Å²) in [6.07, 6.45) is 5.15. The number of fused-ring (bicyclic) bond motifs is 3. The lowest BCUT2D eigenvalue weighted by atomic mass is 9.93. The molecular weight excluding hydrogens is 482 g/mol. The number of methoxy groups -OCH3 is 1. The van der Waals surface area contributed by atoms with Gasteiger partial charge >= 0.3 is 0 Å². The normalized spacial score (nSPS) is 16.3. The van der Waals surface area contributed by atoms with Crippen molar-refractivity contribution in [3.05, 3.63) is 101 Å². The Bertz CT molecular complexity index is 1700. The highest BCUT2D eigenvalue weighted by atomic mass is 16.5. The fourth-order valence-electron chi connectivity index (χ4n) is 4.89. The van der Waals surface area contributed by atoms with Gasteiger partial charge in [0.1, 0.15) is 28.6 Å². The summed E-state index contributed by atoms with van der Waals surface area (Å²) in [4.78, 5) is 39.9. The zero-order valence-corrected chi connectivity index (χ0v) is 20.7. The number of aryl methyl sites for hydroxylation is 1. The number of para-hydroxylation sites is 3. The van der Waals surface area contributed by atoms with Crippen molar-refractivity contribution in [2.75, 3.05) is 17.3 Å². The molecule has 188 valence electrons. The number of nitrogens with zero attached hydrogens (tertiary/aromatic N) is 3. The van der Waals surface area contributed by atoms with E-state index < -0.39 is 11.9 Å². The number of pyridine rings is 1. The molecule has 0 saturated heterocycles. The van der Waals surface area contributed by atoms with Gasteiger partial charge in [0.05, 0.1) is 35.6 Å². The van der Waals surface area contributed by atoms with Gasteiger partial charge < -0.3 is 24.7 Å². The molecule has 0 fully saturated rings. The molecule has 2 N–H and O–H groups in total. The van der Waals surface area contributed by atoms with Crippen LogP contribution >= 0.6 is 0 Å². The maximum absolute atomic E-state index is 13.4. The van der Waals surface area contributed by atoms with Crippen LogP contribution in [0.5, 0.6) is 11.6 Å². The number of rotatable bonds is 4. The molecule has 2 aromatic carbocycles. The van der Waals surface area contributed by atoms with Crippen molar-refractivity contribution in [1.29, 1.82) is 0 Å². The second kappa shape index (κ2) is 9.38. The van der Waals surface area contributed by atoms with Crippen LogP contribution in [-0.4, -0.2) is 40.0 Å². The molecule has 4 aromatic rings.